The van der Waals surface area contributed by atoms with Crippen LogP contribution in [0.2, 0.25) is 0 Å². The average Bonchev–Trinajstić information content (AvgIpc) is 3.48. The first-order valence-electron chi connectivity index (χ1n) is 11.8. The normalized spacial score (nSPS) is 17.8. The maximum absolute atomic E-state index is 15.8. The summed E-state index contributed by atoms with van der Waals surface area (Å²) in [5, 5.41) is 21.5. The van der Waals surface area contributed by atoms with Crippen LogP contribution in [0, 0.1) is 11.3 Å². The van der Waals surface area contributed by atoms with Gasteiger partial charge >= 0.3 is 6.30 Å². The number of fused-ring (bicyclic) bond motifs is 1. The number of alkyl halides is 4. The second-order valence-corrected chi connectivity index (χ2v) is 9.57. The van der Waals surface area contributed by atoms with Gasteiger partial charge in [-0.1, -0.05) is 0 Å². The summed E-state index contributed by atoms with van der Waals surface area (Å²) in [4.78, 5) is 10.9. The van der Waals surface area contributed by atoms with Crippen LogP contribution in [-0.4, -0.2) is 47.6 Å². The van der Waals surface area contributed by atoms with Gasteiger partial charge in [0.15, 0.2) is 17.1 Å². The van der Waals surface area contributed by atoms with Gasteiger partial charge in [0.25, 0.3) is 0 Å². The first kappa shape index (κ1) is 23.3. The van der Waals surface area contributed by atoms with Gasteiger partial charge in [-0.3, -0.25) is 4.98 Å². The van der Waals surface area contributed by atoms with E-state index >= 15 is 4.39 Å². The predicted molar refractivity (Wildman–Crippen MR) is 124 cm³/mol. The topological polar surface area (TPSA) is 101 Å². The van der Waals surface area contributed by atoms with E-state index in [1.165, 1.54) is 12.5 Å². The molecule has 0 spiro atoms. The molecule has 1 aliphatic carbocycles. The monoisotopic (exact) mass is 511 g/mol. The van der Waals surface area contributed by atoms with Crippen molar-refractivity contribution < 1.29 is 17.6 Å². The SMILES string of the molecule is Cn1cnnc1C1(F)CCN(c2c(C#N)cc(C3CC3)nc2-c2cnc3nn(C(F)(F)F)cc3c2)CC1. The van der Waals surface area contributed by atoms with Gasteiger partial charge in [-0.05, 0) is 25.0 Å². The second kappa shape index (κ2) is 8.22. The lowest BCUT2D eigenvalue weighted by molar-refractivity contribution is -0.211. The molecule has 0 N–H and O–H groups in total. The number of nitrogens with zero attached hydrogens (tertiary/aromatic N) is 9. The van der Waals surface area contributed by atoms with Crippen molar-refractivity contribution in [1.82, 2.24) is 34.5 Å². The lowest BCUT2D eigenvalue weighted by atomic mass is 9.91. The van der Waals surface area contributed by atoms with E-state index in [0.29, 0.717) is 22.5 Å². The van der Waals surface area contributed by atoms with Crippen molar-refractivity contribution in [1.29, 1.82) is 5.26 Å². The molecule has 5 heterocycles. The quantitative estimate of drug-likeness (QED) is 0.376. The molecule has 0 aromatic carbocycles. The molecular formula is C24H21F4N9. The second-order valence-electron chi connectivity index (χ2n) is 9.57. The molecule has 6 rings (SSSR count). The third-order valence-corrected chi connectivity index (χ3v) is 7.01. The number of pyridine rings is 2. The van der Waals surface area contributed by atoms with Crippen molar-refractivity contribution in [2.24, 2.45) is 7.05 Å². The number of hydrogen-bond acceptors (Lipinski definition) is 7. The zero-order chi connectivity index (χ0) is 25.9. The fraction of sp³-hybridized carbons (Fsp3) is 0.417. The van der Waals surface area contributed by atoms with Crippen molar-refractivity contribution in [3.05, 3.63) is 47.9 Å². The summed E-state index contributed by atoms with van der Waals surface area (Å²) >= 11 is 0. The zero-order valence-corrected chi connectivity index (χ0v) is 19.7. The Balaban J connectivity index is 1.42. The molecule has 1 aliphatic heterocycles. The predicted octanol–water partition coefficient (Wildman–Crippen LogP) is 4.31. The molecule has 13 heteroatoms. The summed E-state index contributed by atoms with van der Waals surface area (Å²) in [6.07, 6.45) is 1.26. The minimum absolute atomic E-state index is 0.0506. The molecule has 1 saturated heterocycles. The largest absolute Gasteiger partial charge is 0.504 e. The highest BCUT2D eigenvalue weighted by Crippen LogP contribution is 2.45. The Hall–Kier alpha value is -4.08. The summed E-state index contributed by atoms with van der Waals surface area (Å²) in [7, 11) is 1.69. The van der Waals surface area contributed by atoms with E-state index in [1.54, 1.807) is 23.7 Å². The summed E-state index contributed by atoms with van der Waals surface area (Å²) in [5.74, 6) is 0.492. The van der Waals surface area contributed by atoms with Crippen LogP contribution in [0.5, 0.6) is 0 Å². The summed E-state index contributed by atoms with van der Waals surface area (Å²) in [5.41, 5.74) is 0.874. The van der Waals surface area contributed by atoms with Gasteiger partial charge in [0.1, 0.15) is 12.4 Å². The first-order valence-corrected chi connectivity index (χ1v) is 11.8. The Morgan fingerprint density at radius 1 is 1.16 bits per heavy atom. The van der Waals surface area contributed by atoms with Gasteiger partial charge in [-0.15, -0.1) is 28.5 Å². The number of nitriles is 1. The molecule has 1 saturated carbocycles. The maximum Gasteiger partial charge on any atom is 0.504 e. The smallest absolute Gasteiger partial charge is 0.368 e. The van der Waals surface area contributed by atoms with Crippen LogP contribution in [0.3, 0.4) is 0 Å². The van der Waals surface area contributed by atoms with Gasteiger partial charge in [0.2, 0.25) is 0 Å². The number of aromatic nitrogens is 7. The minimum atomic E-state index is -4.67. The van der Waals surface area contributed by atoms with E-state index in [-0.39, 0.29) is 53.4 Å². The van der Waals surface area contributed by atoms with E-state index < -0.39 is 12.0 Å². The van der Waals surface area contributed by atoms with Gasteiger partial charge in [-0.2, -0.15) is 9.94 Å². The van der Waals surface area contributed by atoms with Crippen molar-refractivity contribution in [2.45, 2.75) is 43.6 Å². The molecule has 0 atom stereocenters. The summed E-state index contributed by atoms with van der Waals surface area (Å²) in [6.45, 7) is 0.578. The van der Waals surface area contributed by atoms with Crippen LogP contribution in [-0.2, 0) is 19.0 Å². The van der Waals surface area contributed by atoms with Crippen molar-refractivity contribution in [3.63, 3.8) is 0 Å². The van der Waals surface area contributed by atoms with Crippen LogP contribution in [0.4, 0.5) is 23.2 Å². The van der Waals surface area contributed by atoms with Gasteiger partial charge < -0.3 is 9.47 Å². The number of anilines is 1. The molecule has 9 nitrogen and oxygen atoms in total. The molecule has 0 amide bonds. The molecule has 4 aromatic heterocycles. The Kier molecular flexibility index (Phi) is 5.18. The number of piperidine rings is 1. The molecule has 37 heavy (non-hydrogen) atoms. The molecule has 4 aromatic rings. The number of hydrogen-bond donors (Lipinski definition) is 0. The highest BCUT2D eigenvalue weighted by Gasteiger charge is 2.41. The van der Waals surface area contributed by atoms with E-state index in [1.807, 2.05) is 4.90 Å². The Labute approximate surface area is 208 Å². The van der Waals surface area contributed by atoms with Crippen LogP contribution >= 0.6 is 0 Å². The molecule has 0 radical (unpaired) electrons. The van der Waals surface area contributed by atoms with Crippen molar-refractivity contribution in [2.75, 3.05) is 18.0 Å². The summed E-state index contributed by atoms with van der Waals surface area (Å²) in [6, 6.07) is 5.57. The van der Waals surface area contributed by atoms with E-state index in [9.17, 15) is 18.4 Å². The van der Waals surface area contributed by atoms with Crippen LogP contribution in [0.1, 0.15) is 48.7 Å². The lowest BCUT2D eigenvalue weighted by Crippen LogP contribution is -2.42. The standard InChI is InChI=1S/C24H21F4N9/c1-35-13-31-33-22(35)23(25)4-6-36(7-5-23)20-15(10-29)9-18(14-2-3-14)32-19(20)16-8-17-12-37(24(26,27)28)34-21(17)30-11-16/h8-9,11-14H,2-7H2,1H3. The first-order chi connectivity index (χ1) is 17.7. The fourth-order valence-electron chi connectivity index (χ4n) is 4.93. The highest BCUT2D eigenvalue weighted by molar-refractivity contribution is 5.86. The van der Waals surface area contributed by atoms with Crippen LogP contribution < -0.4 is 4.90 Å². The molecular weight excluding hydrogens is 490 g/mol. The number of aryl methyl sites for hydroxylation is 1. The molecule has 2 aliphatic rings. The maximum atomic E-state index is 15.8. The Morgan fingerprint density at radius 2 is 1.92 bits per heavy atom. The van der Waals surface area contributed by atoms with E-state index in [0.717, 1.165) is 24.7 Å². The molecule has 0 unspecified atom stereocenters. The Morgan fingerprint density at radius 3 is 2.54 bits per heavy atom. The lowest BCUT2D eigenvalue weighted by Gasteiger charge is -2.38. The van der Waals surface area contributed by atoms with E-state index in [2.05, 4.69) is 26.3 Å². The van der Waals surface area contributed by atoms with E-state index in [4.69, 9.17) is 4.98 Å². The number of rotatable bonds is 4. The van der Waals surface area contributed by atoms with Crippen molar-refractivity contribution >= 4 is 16.7 Å². The summed E-state index contributed by atoms with van der Waals surface area (Å²) < 4.78 is 56.8. The minimum Gasteiger partial charge on any atom is -0.368 e. The molecule has 190 valence electrons. The molecule has 2 fully saturated rings. The average molecular weight is 511 g/mol. The van der Waals surface area contributed by atoms with Gasteiger partial charge in [0.05, 0.1) is 16.9 Å². The highest BCUT2D eigenvalue weighted by atomic mass is 19.4. The Bertz CT molecular complexity index is 1540. The van der Waals surface area contributed by atoms with Gasteiger partial charge in [-0.25, -0.2) is 9.37 Å². The van der Waals surface area contributed by atoms with Crippen LogP contribution in [0.15, 0.2) is 30.9 Å². The van der Waals surface area contributed by atoms with Gasteiger partial charge in [0, 0.05) is 67.9 Å². The van der Waals surface area contributed by atoms with Crippen LogP contribution in [0.25, 0.3) is 22.3 Å². The third kappa shape index (κ3) is 4.06. The van der Waals surface area contributed by atoms with Crippen molar-refractivity contribution in [3.8, 4) is 17.3 Å². The number of halogens is 4. The fourth-order valence-corrected chi connectivity index (χ4v) is 4.93. The molecule has 0 bridgehead atoms. The zero-order valence-electron chi connectivity index (χ0n) is 19.7. The third-order valence-electron chi connectivity index (χ3n) is 7.01.